The maximum atomic E-state index is 6.48. The fourth-order valence-electron chi connectivity index (χ4n) is 8.30. The topological polar surface area (TPSA) is 65.0 Å². The van der Waals surface area contributed by atoms with Gasteiger partial charge >= 0.3 is 0 Å². The van der Waals surface area contributed by atoms with Crippen molar-refractivity contribution in [3.63, 3.8) is 0 Å². The van der Waals surface area contributed by atoms with Crippen molar-refractivity contribution < 1.29 is 8.83 Å². The van der Waals surface area contributed by atoms with Crippen LogP contribution in [0.4, 0.5) is 0 Å². The number of fused-ring (bicyclic) bond motifs is 9. The minimum atomic E-state index is -0.0376. The van der Waals surface area contributed by atoms with Crippen molar-refractivity contribution in [2.24, 2.45) is 0 Å². The summed E-state index contributed by atoms with van der Waals surface area (Å²) in [5, 5.41) is 4.08. The molecule has 11 rings (SSSR count). The highest BCUT2D eigenvalue weighted by molar-refractivity contribution is 6.13. The first kappa shape index (κ1) is 29.8. The van der Waals surface area contributed by atoms with E-state index in [2.05, 4.69) is 92.7 Å². The van der Waals surface area contributed by atoms with Crippen LogP contribution in [0.25, 0.3) is 100 Å². The Kier molecular flexibility index (Phi) is 6.23. The number of aromatic nitrogens is 3. The van der Waals surface area contributed by atoms with Crippen molar-refractivity contribution >= 4 is 43.9 Å². The van der Waals surface area contributed by atoms with Crippen LogP contribution in [-0.4, -0.2) is 15.0 Å². The van der Waals surface area contributed by atoms with E-state index in [1.54, 1.807) is 0 Å². The second-order valence-electron chi connectivity index (χ2n) is 14.4. The van der Waals surface area contributed by atoms with Gasteiger partial charge in [-0.15, -0.1) is 0 Å². The summed E-state index contributed by atoms with van der Waals surface area (Å²) >= 11 is 0. The normalized spacial score (nSPS) is 13.2. The molecule has 5 heteroatoms. The third-order valence-electron chi connectivity index (χ3n) is 11.0. The standard InChI is InChI=1S/C48H31N3O2/c1-48(2)38-16-8-6-13-32(38)35-25-29(19-22-39(35)48)30-20-23-42-37(26-30)44-34(15-10-18-43(44)53-42)47-50-45(28-11-4-3-5-12-28)49-46(51-47)31-21-24-41-36(27-31)33-14-7-9-17-40(33)52-41/h3-27H,1-2H3. The summed E-state index contributed by atoms with van der Waals surface area (Å²) in [7, 11) is 0. The Morgan fingerprint density at radius 1 is 0.377 bits per heavy atom. The van der Waals surface area contributed by atoms with Gasteiger partial charge in [-0.25, -0.2) is 15.0 Å². The van der Waals surface area contributed by atoms with E-state index in [1.165, 1.54) is 27.8 Å². The van der Waals surface area contributed by atoms with Gasteiger partial charge in [-0.05, 0) is 81.9 Å². The van der Waals surface area contributed by atoms with Crippen molar-refractivity contribution in [2.45, 2.75) is 19.3 Å². The fourth-order valence-corrected chi connectivity index (χ4v) is 8.30. The second-order valence-corrected chi connectivity index (χ2v) is 14.4. The minimum absolute atomic E-state index is 0.0376. The van der Waals surface area contributed by atoms with Crippen molar-refractivity contribution in [1.29, 1.82) is 0 Å². The highest BCUT2D eigenvalue weighted by atomic mass is 16.3. The lowest BCUT2D eigenvalue weighted by Crippen LogP contribution is -2.14. The molecule has 7 aromatic carbocycles. The minimum Gasteiger partial charge on any atom is -0.456 e. The molecule has 0 saturated heterocycles. The molecule has 0 saturated carbocycles. The summed E-state index contributed by atoms with van der Waals surface area (Å²) in [5.74, 6) is 1.78. The van der Waals surface area contributed by atoms with Gasteiger partial charge in [-0.3, -0.25) is 0 Å². The number of hydrogen-bond acceptors (Lipinski definition) is 5. The van der Waals surface area contributed by atoms with Gasteiger partial charge in [0.1, 0.15) is 22.3 Å². The maximum Gasteiger partial charge on any atom is 0.164 e. The third kappa shape index (κ3) is 4.54. The summed E-state index contributed by atoms with van der Waals surface area (Å²) in [4.78, 5) is 15.3. The molecule has 0 spiro atoms. The molecule has 3 aromatic heterocycles. The van der Waals surface area contributed by atoms with E-state index in [9.17, 15) is 0 Å². The average Bonchev–Trinajstić information content (AvgIpc) is 3.85. The van der Waals surface area contributed by atoms with Gasteiger partial charge in [-0.2, -0.15) is 0 Å². The van der Waals surface area contributed by atoms with E-state index >= 15 is 0 Å². The maximum absolute atomic E-state index is 6.48. The van der Waals surface area contributed by atoms with Crippen LogP contribution < -0.4 is 0 Å². The second kappa shape index (κ2) is 11.1. The molecule has 3 heterocycles. The summed E-state index contributed by atoms with van der Waals surface area (Å²) in [5.41, 5.74) is 13.6. The van der Waals surface area contributed by atoms with Gasteiger partial charge in [0.2, 0.25) is 0 Å². The average molecular weight is 682 g/mol. The number of para-hydroxylation sites is 1. The summed E-state index contributed by atoms with van der Waals surface area (Å²) in [6.45, 7) is 4.63. The summed E-state index contributed by atoms with van der Waals surface area (Å²) < 4.78 is 12.6. The van der Waals surface area contributed by atoms with E-state index in [0.717, 1.165) is 66.1 Å². The zero-order valence-electron chi connectivity index (χ0n) is 29.1. The Labute approximate surface area is 305 Å². The van der Waals surface area contributed by atoms with Crippen LogP contribution in [0.15, 0.2) is 160 Å². The van der Waals surface area contributed by atoms with Crippen LogP contribution in [0.2, 0.25) is 0 Å². The molecule has 5 nitrogen and oxygen atoms in total. The van der Waals surface area contributed by atoms with Gasteiger partial charge in [0, 0.05) is 43.7 Å². The van der Waals surface area contributed by atoms with E-state index in [4.69, 9.17) is 23.8 Å². The Morgan fingerprint density at radius 2 is 0.962 bits per heavy atom. The third-order valence-corrected chi connectivity index (χ3v) is 11.0. The summed E-state index contributed by atoms with van der Waals surface area (Å²) in [6, 6.07) is 52.6. The van der Waals surface area contributed by atoms with Crippen molar-refractivity contribution in [3.8, 4) is 56.4 Å². The molecule has 250 valence electrons. The van der Waals surface area contributed by atoms with E-state index < -0.39 is 0 Å². The largest absolute Gasteiger partial charge is 0.456 e. The first-order valence-corrected chi connectivity index (χ1v) is 17.9. The molecular weight excluding hydrogens is 651 g/mol. The Morgan fingerprint density at radius 3 is 1.85 bits per heavy atom. The molecule has 0 amide bonds. The van der Waals surface area contributed by atoms with Crippen LogP contribution in [0.5, 0.6) is 0 Å². The van der Waals surface area contributed by atoms with Gasteiger partial charge in [0.05, 0.1) is 0 Å². The monoisotopic (exact) mass is 681 g/mol. The molecule has 10 aromatic rings. The van der Waals surface area contributed by atoms with Crippen LogP contribution in [0, 0.1) is 0 Å². The van der Waals surface area contributed by atoms with Crippen LogP contribution in [0.1, 0.15) is 25.0 Å². The van der Waals surface area contributed by atoms with Crippen molar-refractivity contribution in [1.82, 2.24) is 15.0 Å². The number of furan rings is 2. The predicted octanol–water partition coefficient (Wildman–Crippen LogP) is 12.6. The fraction of sp³-hybridized carbons (Fsp3) is 0.0625. The predicted molar refractivity (Wildman–Crippen MR) is 214 cm³/mol. The first-order chi connectivity index (χ1) is 26.0. The van der Waals surface area contributed by atoms with Crippen LogP contribution >= 0.6 is 0 Å². The van der Waals surface area contributed by atoms with Gasteiger partial charge in [-0.1, -0.05) is 117 Å². The Bertz CT molecular complexity index is 3100. The summed E-state index contributed by atoms with van der Waals surface area (Å²) in [6.07, 6.45) is 0. The molecule has 0 radical (unpaired) electrons. The van der Waals surface area contributed by atoms with Gasteiger partial charge in [0.25, 0.3) is 0 Å². The van der Waals surface area contributed by atoms with E-state index in [0.29, 0.717) is 17.5 Å². The van der Waals surface area contributed by atoms with E-state index in [1.807, 2.05) is 72.8 Å². The van der Waals surface area contributed by atoms with Gasteiger partial charge in [0.15, 0.2) is 17.5 Å². The zero-order chi connectivity index (χ0) is 35.3. The lowest BCUT2D eigenvalue weighted by Gasteiger charge is -2.21. The van der Waals surface area contributed by atoms with Crippen molar-refractivity contribution in [2.75, 3.05) is 0 Å². The highest BCUT2D eigenvalue weighted by Crippen LogP contribution is 2.50. The van der Waals surface area contributed by atoms with Crippen LogP contribution in [0.3, 0.4) is 0 Å². The smallest absolute Gasteiger partial charge is 0.164 e. The Balaban J connectivity index is 1.10. The molecule has 0 atom stereocenters. The molecule has 0 N–H and O–H groups in total. The molecule has 0 aliphatic heterocycles. The number of benzene rings is 7. The highest BCUT2D eigenvalue weighted by Gasteiger charge is 2.35. The quantitative estimate of drug-likeness (QED) is 0.185. The number of rotatable bonds is 4. The molecule has 1 aliphatic carbocycles. The Hall–Kier alpha value is -6.85. The number of nitrogens with zero attached hydrogens (tertiary/aromatic N) is 3. The number of hydrogen-bond donors (Lipinski definition) is 0. The molecule has 53 heavy (non-hydrogen) atoms. The lowest BCUT2D eigenvalue weighted by atomic mass is 9.82. The molecule has 0 fully saturated rings. The lowest BCUT2D eigenvalue weighted by molar-refractivity contribution is 0.660. The zero-order valence-corrected chi connectivity index (χ0v) is 29.1. The van der Waals surface area contributed by atoms with Crippen molar-refractivity contribution in [3.05, 3.63) is 163 Å². The molecular formula is C48H31N3O2. The van der Waals surface area contributed by atoms with E-state index in [-0.39, 0.29) is 5.41 Å². The SMILES string of the molecule is CC1(C)c2ccccc2-c2cc(-c3ccc4oc5cccc(-c6nc(-c7ccccc7)nc(-c7ccc8oc9ccccc9c8c7)n6)c5c4c3)ccc21. The molecule has 0 bridgehead atoms. The first-order valence-electron chi connectivity index (χ1n) is 17.9. The molecule has 0 unspecified atom stereocenters. The molecule has 1 aliphatic rings. The van der Waals surface area contributed by atoms with Crippen LogP contribution in [-0.2, 0) is 5.41 Å². The van der Waals surface area contributed by atoms with Gasteiger partial charge < -0.3 is 8.83 Å².